The minimum Gasteiger partial charge on any atom is -0.316 e. The lowest BCUT2D eigenvalue weighted by atomic mass is 9.96. The molecule has 3 unspecified atom stereocenters. The molecule has 19 heavy (non-hydrogen) atoms. The lowest BCUT2D eigenvalue weighted by molar-refractivity contribution is 0.140. The Balaban J connectivity index is 1.86. The highest BCUT2D eigenvalue weighted by atomic mass is 15.2. The van der Waals surface area contributed by atoms with Gasteiger partial charge in [0.1, 0.15) is 0 Å². The standard InChI is InChI=1S/C17H34N2/c1-3-12-19(14-16-7-5-11-18-13-16)17-8-4-6-15(2)9-10-17/h15-18H,3-14H2,1-2H3. The molecule has 0 amide bonds. The van der Waals surface area contributed by atoms with Crippen molar-refractivity contribution >= 4 is 0 Å². The first kappa shape index (κ1) is 15.3. The maximum atomic E-state index is 3.58. The zero-order valence-electron chi connectivity index (χ0n) is 13.2. The van der Waals surface area contributed by atoms with Crippen LogP contribution >= 0.6 is 0 Å². The van der Waals surface area contributed by atoms with Crippen molar-refractivity contribution in [3.63, 3.8) is 0 Å². The summed E-state index contributed by atoms with van der Waals surface area (Å²) in [6, 6.07) is 0.881. The summed E-state index contributed by atoms with van der Waals surface area (Å²) in [5.74, 6) is 1.87. The van der Waals surface area contributed by atoms with Gasteiger partial charge in [-0.1, -0.05) is 26.7 Å². The van der Waals surface area contributed by atoms with Crippen LogP contribution in [0, 0.1) is 11.8 Å². The van der Waals surface area contributed by atoms with Crippen molar-refractivity contribution in [3.8, 4) is 0 Å². The van der Waals surface area contributed by atoms with E-state index in [1.165, 1.54) is 77.5 Å². The molecule has 2 heteroatoms. The third kappa shape index (κ3) is 5.07. The summed E-state index contributed by atoms with van der Waals surface area (Å²) in [5, 5.41) is 3.58. The van der Waals surface area contributed by atoms with Crippen molar-refractivity contribution in [2.24, 2.45) is 11.8 Å². The highest BCUT2D eigenvalue weighted by Crippen LogP contribution is 2.27. The van der Waals surface area contributed by atoms with Crippen molar-refractivity contribution in [1.82, 2.24) is 10.2 Å². The number of nitrogens with zero attached hydrogens (tertiary/aromatic N) is 1. The van der Waals surface area contributed by atoms with Gasteiger partial charge in [-0.15, -0.1) is 0 Å². The van der Waals surface area contributed by atoms with Gasteiger partial charge in [0.2, 0.25) is 0 Å². The molecule has 2 fully saturated rings. The van der Waals surface area contributed by atoms with Gasteiger partial charge in [0.25, 0.3) is 0 Å². The van der Waals surface area contributed by atoms with Crippen LogP contribution in [0.5, 0.6) is 0 Å². The van der Waals surface area contributed by atoms with E-state index in [9.17, 15) is 0 Å². The van der Waals surface area contributed by atoms with E-state index in [0.29, 0.717) is 0 Å². The van der Waals surface area contributed by atoms with Crippen LogP contribution in [0.15, 0.2) is 0 Å². The zero-order chi connectivity index (χ0) is 13.5. The largest absolute Gasteiger partial charge is 0.316 e. The molecule has 3 atom stereocenters. The SMILES string of the molecule is CCCN(CC1CCCNC1)C1CCCC(C)CC1. The van der Waals surface area contributed by atoms with Crippen molar-refractivity contribution in [1.29, 1.82) is 0 Å². The van der Waals surface area contributed by atoms with Gasteiger partial charge in [-0.25, -0.2) is 0 Å². The number of hydrogen-bond acceptors (Lipinski definition) is 2. The second-order valence-electron chi connectivity index (χ2n) is 6.97. The predicted octanol–water partition coefficient (Wildman–Crippen LogP) is 3.67. The highest BCUT2D eigenvalue weighted by Gasteiger charge is 2.24. The van der Waals surface area contributed by atoms with Gasteiger partial charge in [-0.2, -0.15) is 0 Å². The van der Waals surface area contributed by atoms with Crippen LogP contribution in [0.25, 0.3) is 0 Å². The molecule has 0 aromatic carbocycles. The molecule has 0 spiro atoms. The quantitative estimate of drug-likeness (QED) is 0.764. The molecule has 1 saturated heterocycles. The Morgan fingerprint density at radius 1 is 1.05 bits per heavy atom. The van der Waals surface area contributed by atoms with Crippen molar-refractivity contribution in [3.05, 3.63) is 0 Å². The van der Waals surface area contributed by atoms with E-state index in [1.807, 2.05) is 0 Å². The fourth-order valence-corrected chi connectivity index (χ4v) is 3.95. The number of nitrogens with one attached hydrogen (secondary N) is 1. The molecule has 2 rings (SSSR count). The lowest BCUT2D eigenvalue weighted by Crippen LogP contribution is -2.43. The van der Waals surface area contributed by atoms with E-state index in [0.717, 1.165) is 17.9 Å². The highest BCUT2D eigenvalue weighted by molar-refractivity contribution is 4.80. The second kappa shape index (κ2) is 8.26. The normalized spacial score (nSPS) is 33.3. The average Bonchev–Trinajstić information content (AvgIpc) is 2.64. The van der Waals surface area contributed by atoms with Gasteiger partial charge in [0, 0.05) is 12.6 Å². The molecule has 2 aliphatic rings. The molecule has 112 valence electrons. The van der Waals surface area contributed by atoms with Crippen molar-refractivity contribution in [2.45, 2.75) is 71.3 Å². The molecule has 1 heterocycles. The molecular formula is C17H34N2. The Hall–Kier alpha value is -0.0800. The maximum absolute atomic E-state index is 3.58. The molecule has 0 bridgehead atoms. The summed E-state index contributed by atoms with van der Waals surface area (Å²) < 4.78 is 0. The third-order valence-corrected chi connectivity index (χ3v) is 5.15. The van der Waals surface area contributed by atoms with Crippen LogP contribution < -0.4 is 5.32 Å². The molecule has 0 radical (unpaired) electrons. The summed E-state index contributed by atoms with van der Waals surface area (Å²) in [5.41, 5.74) is 0. The summed E-state index contributed by atoms with van der Waals surface area (Å²) in [6.07, 6.45) is 11.4. The Bertz CT molecular complexity index is 235. The van der Waals surface area contributed by atoms with Gasteiger partial charge < -0.3 is 10.2 Å². The lowest BCUT2D eigenvalue weighted by Gasteiger charge is -2.35. The van der Waals surface area contributed by atoms with Gasteiger partial charge in [0.05, 0.1) is 0 Å². The topological polar surface area (TPSA) is 15.3 Å². The van der Waals surface area contributed by atoms with E-state index in [-0.39, 0.29) is 0 Å². The fraction of sp³-hybridized carbons (Fsp3) is 1.00. The van der Waals surface area contributed by atoms with E-state index < -0.39 is 0 Å². The van der Waals surface area contributed by atoms with Gasteiger partial charge in [-0.3, -0.25) is 0 Å². The molecule has 1 saturated carbocycles. The maximum Gasteiger partial charge on any atom is 0.00954 e. The zero-order valence-corrected chi connectivity index (χ0v) is 13.2. The summed E-state index contributed by atoms with van der Waals surface area (Å²) in [6.45, 7) is 9.94. The van der Waals surface area contributed by atoms with Crippen LogP contribution in [0.1, 0.15) is 65.2 Å². The van der Waals surface area contributed by atoms with Crippen LogP contribution in [0.2, 0.25) is 0 Å². The molecule has 0 aromatic rings. The van der Waals surface area contributed by atoms with Crippen molar-refractivity contribution in [2.75, 3.05) is 26.2 Å². The first-order valence-corrected chi connectivity index (χ1v) is 8.74. The first-order chi connectivity index (χ1) is 9.29. The van der Waals surface area contributed by atoms with Crippen LogP contribution in [0.3, 0.4) is 0 Å². The number of rotatable bonds is 5. The average molecular weight is 266 g/mol. The van der Waals surface area contributed by atoms with Crippen LogP contribution in [-0.2, 0) is 0 Å². The minimum atomic E-state index is 0.881. The molecule has 2 nitrogen and oxygen atoms in total. The summed E-state index contributed by atoms with van der Waals surface area (Å²) >= 11 is 0. The Kier molecular flexibility index (Phi) is 6.66. The smallest absolute Gasteiger partial charge is 0.00954 e. The number of hydrogen-bond donors (Lipinski definition) is 1. The minimum absolute atomic E-state index is 0.881. The van der Waals surface area contributed by atoms with Crippen LogP contribution in [-0.4, -0.2) is 37.1 Å². The molecular weight excluding hydrogens is 232 g/mol. The van der Waals surface area contributed by atoms with Gasteiger partial charge in [-0.05, 0) is 70.0 Å². The fourth-order valence-electron chi connectivity index (χ4n) is 3.95. The second-order valence-corrected chi connectivity index (χ2v) is 6.97. The molecule has 1 N–H and O–H groups in total. The Morgan fingerprint density at radius 2 is 1.95 bits per heavy atom. The van der Waals surface area contributed by atoms with E-state index in [1.54, 1.807) is 0 Å². The van der Waals surface area contributed by atoms with E-state index in [4.69, 9.17) is 0 Å². The van der Waals surface area contributed by atoms with Gasteiger partial charge >= 0.3 is 0 Å². The third-order valence-electron chi connectivity index (χ3n) is 5.15. The number of piperidine rings is 1. The summed E-state index contributed by atoms with van der Waals surface area (Å²) in [4.78, 5) is 2.84. The van der Waals surface area contributed by atoms with Crippen molar-refractivity contribution < 1.29 is 0 Å². The first-order valence-electron chi connectivity index (χ1n) is 8.74. The monoisotopic (exact) mass is 266 g/mol. The van der Waals surface area contributed by atoms with Crippen LogP contribution in [0.4, 0.5) is 0 Å². The Labute approximate surface area is 120 Å². The molecule has 1 aliphatic heterocycles. The van der Waals surface area contributed by atoms with E-state index in [2.05, 4.69) is 24.1 Å². The Morgan fingerprint density at radius 3 is 2.68 bits per heavy atom. The van der Waals surface area contributed by atoms with E-state index >= 15 is 0 Å². The summed E-state index contributed by atoms with van der Waals surface area (Å²) in [7, 11) is 0. The molecule has 0 aromatic heterocycles. The predicted molar refractivity (Wildman–Crippen MR) is 83.5 cm³/mol. The molecule has 1 aliphatic carbocycles. The van der Waals surface area contributed by atoms with Gasteiger partial charge in [0.15, 0.2) is 0 Å².